The van der Waals surface area contributed by atoms with E-state index in [1.165, 1.54) is 53.7 Å². The molecule has 4 heteroatoms. The smallest absolute Gasteiger partial charge is 0.0408 e. The van der Waals surface area contributed by atoms with E-state index in [4.69, 9.17) is 0 Å². The van der Waals surface area contributed by atoms with Crippen LogP contribution >= 0.6 is 31.9 Å². The molecule has 0 radical (unpaired) electrons. The fraction of sp³-hybridized carbons (Fsp3) is 0.308. The maximum atomic E-state index is 3.94. The number of halogens is 2. The van der Waals surface area contributed by atoms with Crippen LogP contribution in [0, 0.1) is 6.92 Å². The highest BCUT2D eigenvalue weighted by Gasteiger charge is 2.28. The summed E-state index contributed by atoms with van der Waals surface area (Å²) < 4.78 is 2.38. The predicted molar refractivity (Wildman–Crippen MR) is 134 cm³/mol. The van der Waals surface area contributed by atoms with Crippen LogP contribution in [-0.4, -0.2) is 27.2 Å². The highest BCUT2D eigenvalue weighted by Crippen LogP contribution is 2.45. The second-order valence-corrected chi connectivity index (χ2v) is 10.3. The van der Waals surface area contributed by atoms with Gasteiger partial charge < -0.3 is 9.80 Å². The maximum Gasteiger partial charge on any atom is 0.0408 e. The lowest BCUT2D eigenvalue weighted by Crippen LogP contribution is -2.13. The molecule has 30 heavy (non-hydrogen) atoms. The molecule has 2 nitrogen and oxygen atoms in total. The van der Waals surface area contributed by atoms with Crippen LogP contribution in [0.1, 0.15) is 39.3 Å². The minimum atomic E-state index is 0.183. The number of aryl methyl sites for hydroxylation is 1. The van der Waals surface area contributed by atoms with E-state index < -0.39 is 0 Å². The number of hydrogen-bond acceptors (Lipinski definition) is 2. The van der Waals surface area contributed by atoms with Crippen molar-refractivity contribution in [2.24, 2.45) is 0 Å². The van der Waals surface area contributed by atoms with Gasteiger partial charge in [0.2, 0.25) is 0 Å². The zero-order valence-corrected chi connectivity index (χ0v) is 20.8. The van der Waals surface area contributed by atoms with Gasteiger partial charge in [-0.05, 0) is 65.3 Å². The molecular formula is C26H26Br2N2. The van der Waals surface area contributed by atoms with Gasteiger partial charge in [0.15, 0.2) is 0 Å². The third-order valence-corrected chi connectivity index (χ3v) is 8.15. The Kier molecular flexibility index (Phi) is 5.19. The van der Waals surface area contributed by atoms with Gasteiger partial charge in [-0.2, -0.15) is 0 Å². The summed E-state index contributed by atoms with van der Waals surface area (Å²) in [6.07, 6.45) is 2.23. The molecular weight excluding hydrogens is 500 g/mol. The monoisotopic (exact) mass is 524 g/mol. The van der Waals surface area contributed by atoms with Crippen molar-refractivity contribution in [3.05, 3.63) is 90.9 Å². The summed E-state index contributed by atoms with van der Waals surface area (Å²) in [5.41, 5.74) is 11.0. The number of nitrogens with zero attached hydrogens (tertiary/aromatic N) is 2. The zero-order valence-electron chi connectivity index (χ0n) is 17.7. The minimum Gasteiger partial charge on any atom is -0.374 e. The van der Waals surface area contributed by atoms with Crippen molar-refractivity contribution < 1.29 is 0 Å². The molecule has 0 fully saturated rings. The van der Waals surface area contributed by atoms with Gasteiger partial charge in [-0.3, -0.25) is 0 Å². The summed E-state index contributed by atoms with van der Waals surface area (Å²) in [6, 6.07) is 18.3. The fourth-order valence-corrected chi connectivity index (χ4v) is 6.16. The summed E-state index contributed by atoms with van der Waals surface area (Å²) in [6.45, 7) is 4.41. The summed E-state index contributed by atoms with van der Waals surface area (Å²) >= 11 is 7.89. The van der Waals surface area contributed by atoms with Gasteiger partial charge in [0, 0.05) is 53.4 Å². The van der Waals surface area contributed by atoms with Gasteiger partial charge in [-0.15, -0.1) is 0 Å². The lowest BCUT2D eigenvalue weighted by Gasteiger charge is -2.25. The van der Waals surface area contributed by atoms with Crippen LogP contribution in [-0.2, 0) is 12.8 Å². The summed E-state index contributed by atoms with van der Waals surface area (Å²) in [7, 11) is 4.37. The molecule has 3 aromatic carbocycles. The summed E-state index contributed by atoms with van der Waals surface area (Å²) in [5.74, 6) is 0.183. The van der Waals surface area contributed by atoms with Gasteiger partial charge in [0.05, 0.1) is 0 Å². The van der Waals surface area contributed by atoms with Crippen molar-refractivity contribution in [2.45, 2.75) is 25.7 Å². The van der Waals surface area contributed by atoms with E-state index >= 15 is 0 Å². The van der Waals surface area contributed by atoms with E-state index in [1.54, 1.807) is 0 Å². The minimum absolute atomic E-state index is 0.183. The molecule has 0 aliphatic carbocycles. The van der Waals surface area contributed by atoms with Gasteiger partial charge in [0.1, 0.15) is 0 Å². The van der Waals surface area contributed by atoms with Gasteiger partial charge in [-0.25, -0.2) is 0 Å². The lowest BCUT2D eigenvalue weighted by molar-refractivity contribution is 0.937. The Balaban J connectivity index is 1.74. The van der Waals surface area contributed by atoms with Gasteiger partial charge in [0.25, 0.3) is 0 Å². The first-order valence-corrected chi connectivity index (χ1v) is 12.1. The van der Waals surface area contributed by atoms with Crippen molar-refractivity contribution >= 4 is 43.2 Å². The molecule has 0 bridgehead atoms. The van der Waals surface area contributed by atoms with Crippen LogP contribution in [0.2, 0.25) is 0 Å². The number of benzene rings is 3. The lowest BCUT2D eigenvalue weighted by atomic mass is 9.81. The van der Waals surface area contributed by atoms with Gasteiger partial charge >= 0.3 is 0 Å². The molecule has 3 aromatic rings. The average molecular weight is 526 g/mol. The quantitative estimate of drug-likeness (QED) is 0.352. The standard InChI is InChI=1S/C26H26Br2N2/c1-16-6-4-5-7-19(16)26(20-12-17-8-10-29(2)24(17)14-22(20)27)21-13-18-9-11-30(3)25(18)15-23(21)28/h4-7,12-15,26H,8-11H2,1-3H3. The first-order chi connectivity index (χ1) is 14.4. The number of likely N-dealkylation sites (N-methyl/N-ethyl adjacent to an activating group) is 2. The third kappa shape index (κ3) is 3.29. The van der Waals surface area contributed by atoms with Crippen LogP contribution in [0.25, 0.3) is 0 Å². The van der Waals surface area contributed by atoms with Crippen LogP contribution in [0.4, 0.5) is 11.4 Å². The molecule has 2 aliphatic rings. The molecule has 5 rings (SSSR count). The molecule has 0 saturated carbocycles. The Bertz CT molecular complexity index is 1070. The molecule has 0 unspecified atom stereocenters. The van der Waals surface area contributed by atoms with Crippen molar-refractivity contribution in [3.8, 4) is 0 Å². The van der Waals surface area contributed by atoms with Crippen molar-refractivity contribution in [2.75, 3.05) is 37.0 Å². The molecule has 0 N–H and O–H groups in total. The molecule has 154 valence electrons. The van der Waals surface area contributed by atoms with E-state index in [0.29, 0.717) is 0 Å². The first kappa shape index (κ1) is 20.1. The molecule has 0 aromatic heterocycles. The molecule has 2 heterocycles. The number of anilines is 2. The summed E-state index contributed by atoms with van der Waals surface area (Å²) in [4.78, 5) is 4.71. The van der Waals surface area contributed by atoms with Crippen LogP contribution < -0.4 is 9.80 Å². The second-order valence-electron chi connectivity index (χ2n) is 8.64. The fourth-order valence-electron chi connectivity index (χ4n) is 5.04. The van der Waals surface area contributed by atoms with E-state index in [2.05, 4.69) is 111 Å². The Morgan fingerprint density at radius 1 is 0.733 bits per heavy atom. The third-order valence-electron chi connectivity index (χ3n) is 6.77. The van der Waals surface area contributed by atoms with Crippen molar-refractivity contribution in [3.63, 3.8) is 0 Å². The van der Waals surface area contributed by atoms with E-state index in [9.17, 15) is 0 Å². The Morgan fingerprint density at radius 3 is 1.73 bits per heavy atom. The normalized spacial score (nSPS) is 15.1. The van der Waals surface area contributed by atoms with E-state index in [-0.39, 0.29) is 5.92 Å². The van der Waals surface area contributed by atoms with Crippen molar-refractivity contribution in [1.29, 1.82) is 0 Å². The second kappa shape index (κ2) is 7.72. The number of rotatable bonds is 3. The topological polar surface area (TPSA) is 6.48 Å². The molecule has 0 saturated heterocycles. The van der Waals surface area contributed by atoms with Crippen LogP contribution in [0.5, 0.6) is 0 Å². The Morgan fingerprint density at radius 2 is 1.23 bits per heavy atom. The molecule has 0 atom stereocenters. The average Bonchev–Trinajstić information content (AvgIpc) is 3.26. The van der Waals surface area contributed by atoms with Gasteiger partial charge in [-0.1, -0.05) is 68.3 Å². The van der Waals surface area contributed by atoms with E-state index in [1.807, 2.05) is 0 Å². The van der Waals surface area contributed by atoms with E-state index in [0.717, 1.165) is 25.9 Å². The number of fused-ring (bicyclic) bond motifs is 2. The van der Waals surface area contributed by atoms with Crippen molar-refractivity contribution in [1.82, 2.24) is 0 Å². The molecule has 0 amide bonds. The largest absolute Gasteiger partial charge is 0.374 e. The highest BCUT2D eigenvalue weighted by molar-refractivity contribution is 9.10. The van der Waals surface area contributed by atoms with Crippen LogP contribution in [0.3, 0.4) is 0 Å². The number of hydrogen-bond donors (Lipinski definition) is 0. The SMILES string of the molecule is Cc1ccccc1C(c1cc2c(cc1Br)N(C)CC2)c1cc2c(cc1Br)N(C)CC2. The Labute approximate surface area is 196 Å². The molecule has 0 spiro atoms. The maximum absolute atomic E-state index is 3.94. The summed E-state index contributed by atoms with van der Waals surface area (Å²) in [5, 5.41) is 0. The predicted octanol–water partition coefficient (Wildman–Crippen LogP) is 6.68. The molecule has 2 aliphatic heterocycles. The zero-order chi connectivity index (χ0) is 21.0. The van der Waals surface area contributed by atoms with Crippen LogP contribution in [0.15, 0.2) is 57.5 Å². The Hall–Kier alpha value is -1.78. The first-order valence-electron chi connectivity index (χ1n) is 10.6. The highest BCUT2D eigenvalue weighted by atomic mass is 79.9.